The van der Waals surface area contributed by atoms with Crippen molar-refractivity contribution in [2.75, 3.05) is 25.5 Å². The fraction of sp³-hybridized carbons (Fsp3) is 0.525. The molecule has 3 aliphatic heterocycles. The van der Waals surface area contributed by atoms with Crippen molar-refractivity contribution in [2.45, 2.75) is 108 Å². The molecule has 0 bridgehead atoms. The number of alkyl halides is 3. The van der Waals surface area contributed by atoms with Gasteiger partial charge in [0.05, 0.1) is 6.10 Å². The smallest absolute Gasteiger partial charge is 0.458 e. The molecule has 3 aliphatic rings. The number of nitrogens with zero attached hydrogens (tertiary/aromatic N) is 3. The first kappa shape index (κ1) is 47.0. The lowest BCUT2D eigenvalue weighted by molar-refractivity contribution is -0.274. The second-order valence-corrected chi connectivity index (χ2v) is 15.7. The monoisotopic (exact) mass is 881 g/mol. The van der Waals surface area contributed by atoms with Crippen molar-refractivity contribution in [2.24, 2.45) is 5.92 Å². The van der Waals surface area contributed by atoms with Crippen LogP contribution in [0.3, 0.4) is 0 Å². The molecule has 3 fully saturated rings. The van der Waals surface area contributed by atoms with E-state index in [2.05, 4.69) is 26.0 Å². The van der Waals surface area contributed by atoms with Crippen molar-refractivity contribution >= 4 is 47.2 Å². The number of carbonyl (C=O) groups excluding carboxylic acids is 7. The minimum atomic E-state index is -4.99. The number of carbonyl (C=O) groups is 7. The normalized spacial score (nSPS) is 26.2. The zero-order chi connectivity index (χ0) is 45.8. The van der Waals surface area contributed by atoms with E-state index in [4.69, 9.17) is 4.74 Å². The van der Waals surface area contributed by atoms with Gasteiger partial charge in [0.15, 0.2) is 0 Å². The first-order chi connectivity index (χ1) is 29.0. The Kier molecular flexibility index (Phi) is 14.7. The Hall–Kier alpha value is -6.06. The summed E-state index contributed by atoms with van der Waals surface area (Å²) in [6, 6.07) is -3.54. The maximum Gasteiger partial charge on any atom is 0.573 e. The van der Waals surface area contributed by atoms with Gasteiger partial charge in [0.2, 0.25) is 29.5 Å². The number of ether oxygens (including phenoxy) is 2. The van der Waals surface area contributed by atoms with Crippen LogP contribution in [-0.4, -0.2) is 136 Å². The predicted octanol–water partition coefficient (Wildman–Crippen LogP) is 1.97. The number of hydrogen-bond acceptors (Lipinski definition) is 10. The molecule has 2 aromatic carbocycles. The molecule has 22 heteroatoms. The number of cyclic esters (lactones) is 1. The Morgan fingerprint density at radius 2 is 1.60 bits per heavy atom. The second-order valence-electron chi connectivity index (χ2n) is 15.7. The molecule has 9 atom stereocenters. The number of anilines is 1. The van der Waals surface area contributed by atoms with Gasteiger partial charge in [-0.2, -0.15) is 0 Å². The number of nitrogens with one attached hydrogen (secondary N) is 4. The zero-order valence-electron chi connectivity index (χ0n) is 34.3. The van der Waals surface area contributed by atoms with E-state index in [0.29, 0.717) is 6.07 Å². The summed E-state index contributed by atoms with van der Waals surface area (Å²) >= 11 is 0. The number of fused-ring (bicyclic) bond motifs is 2. The molecule has 0 radical (unpaired) electrons. The van der Waals surface area contributed by atoms with Crippen molar-refractivity contribution in [3.05, 3.63) is 59.7 Å². The molecule has 3 saturated heterocycles. The van der Waals surface area contributed by atoms with Crippen LogP contribution in [-0.2, 0) is 39.9 Å². The van der Waals surface area contributed by atoms with Crippen molar-refractivity contribution in [1.29, 1.82) is 0 Å². The summed E-state index contributed by atoms with van der Waals surface area (Å²) in [5, 5.41) is 20.4. The Balaban J connectivity index is 1.49. The molecule has 5 N–H and O–H groups in total. The Morgan fingerprint density at radius 1 is 0.952 bits per heavy atom. The Bertz CT molecular complexity index is 2020. The van der Waals surface area contributed by atoms with Crippen LogP contribution in [0.2, 0.25) is 0 Å². The van der Waals surface area contributed by atoms with Gasteiger partial charge < -0.3 is 50.5 Å². The van der Waals surface area contributed by atoms with Gasteiger partial charge in [0.1, 0.15) is 59.7 Å². The molecule has 5 rings (SSSR count). The van der Waals surface area contributed by atoms with Gasteiger partial charge in [-0.05, 0) is 87.9 Å². The van der Waals surface area contributed by atoms with Gasteiger partial charge in [-0.25, -0.2) is 18.4 Å². The Labute approximate surface area is 352 Å². The van der Waals surface area contributed by atoms with E-state index in [-0.39, 0.29) is 49.5 Å². The molecule has 0 saturated carbocycles. The van der Waals surface area contributed by atoms with Crippen molar-refractivity contribution in [1.82, 2.24) is 30.7 Å². The fourth-order valence-electron chi connectivity index (χ4n) is 7.88. The average Bonchev–Trinajstić information content (AvgIpc) is 3.82. The first-order valence-electron chi connectivity index (χ1n) is 19.8. The molecule has 1 unspecified atom stereocenters. The maximum absolute atomic E-state index is 14.6. The van der Waals surface area contributed by atoms with Crippen LogP contribution in [0.25, 0.3) is 0 Å². The summed E-state index contributed by atoms with van der Waals surface area (Å²) in [5.41, 5.74) is -0.186. The lowest BCUT2D eigenvalue weighted by atomic mass is 10.0. The number of benzene rings is 2. The summed E-state index contributed by atoms with van der Waals surface area (Å²) in [5.74, 6) is -8.21. The lowest BCUT2D eigenvalue weighted by Crippen LogP contribution is -2.63. The third kappa shape index (κ3) is 11.4. The molecule has 3 heterocycles. The number of hydrogen-bond donors (Lipinski definition) is 5. The first-order valence-corrected chi connectivity index (χ1v) is 19.8. The van der Waals surface area contributed by atoms with E-state index < -0.39 is 120 Å². The highest BCUT2D eigenvalue weighted by atomic mass is 19.4. The third-order valence-electron chi connectivity index (χ3n) is 10.8. The standard InChI is InChI=1S/C40H48F5N7O10/c1-19-13-30-38(59)61-22(4)31(37(58)51-12-6-7-29(51)36(57)50(5)32(21(3)53)34(55)46-20(2)35(56)52(30)18-19)49-33(54)28(16-23-14-24(41)17-25(42)15-23)48-39(60)47-26-8-10-27(11-9-26)62-40(43,44)45/h8-11,14-15,17,19-22,28-32,53H,6-7,12-13,16,18H2,1-5H3,(H,46,55)(H,49,54)(H2,47,48,60)/t19-,20+,21+,22+,28+,29+,30+,31+,32?/m1/s1. The number of aliphatic hydroxyl groups is 1. The number of likely N-dealkylation sites (N-methyl/N-ethyl adjacent to an activating group) is 1. The third-order valence-corrected chi connectivity index (χ3v) is 10.8. The highest BCUT2D eigenvalue weighted by Gasteiger charge is 2.47. The number of aliphatic hydroxyl groups excluding tert-OH is 1. The van der Waals surface area contributed by atoms with E-state index in [0.717, 1.165) is 46.2 Å². The quantitative estimate of drug-likeness (QED) is 0.192. The van der Waals surface area contributed by atoms with Crippen LogP contribution in [0.15, 0.2) is 42.5 Å². The molecular formula is C40H48F5N7O10. The van der Waals surface area contributed by atoms with Crippen molar-refractivity contribution in [3.63, 3.8) is 0 Å². The molecule has 7 amide bonds. The SMILES string of the molecule is C[C@@H]1C[C@H]2C(=O)O[C@@H](C)[C@H](NC(=O)[C@H](Cc3cc(F)cc(F)c3)NC(=O)Nc3ccc(OC(F)(F)F)cc3)C(=O)N3CCC[C@H]3C(=O)N(C)C([C@H](C)O)C(=O)N[C@@H](C)C(=O)N2C1. The van der Waals surface area contributed by atoms with E-state index in [1.165, 1.54) is 32.7 Å². The summed E-state index contributed by atoms with van der Waals surface area (Å²) in [6.45, 7) is 5.75. The van der Waals surface area contributed by atoms with Crippen LogP contribution >= 0.6 is 0 Å². The fourth-order valence-corrected chi connectivity index (χ4v) is 7.88. The average molecular weight is 882 g/mol. The van der Waals surface area contributed by atoms with E-state index in [9.17, 15) is 60.6 Å². The minimum Gasteiger partial charge on any atom is -0.458 e. The molecule has 0 aromatic heterocycles. The lowest BCUT2D eigenvalue weighted by Gasteiger charge is -2.37. The highest BCUT2D eigenvalue weighted by molar-refractivity contribution is 5.98. The molecule has 0 aliphatic carbocycles. The highest BCUT2D eigenvalue weighted by Crippen LogP contribution is 2.28. The molecule has 338 valence electrons. The van der Waals surface area contributed by atoms with E-state index in [1.807, 2.05) is 0 Å². The van der Waals surface area contributed by atoms with Crippen LogP contribution in [0, 0.1) is 17.6 Å². The van der Waals surface area contributed by atoms with Crippen molar-refractivity contribution in [3.8, 4) is 5.75 Å². The molecule has 17 nitrogen and oxygen atoms in total. The summed E-state index contributed by atoms with van der Waals surface area (Å²) in [4.78, 5) is 101. The summed E-state index contributed by atoms with van der Waals surface area (Å²) in [7, 11) is 1.25. The van der Waals surface area contributed by atoms with E-state index >= 15 is 0 Å². The van der Waals surface area contributed by atoms with Crippen LogP contribution < -0.4 is 26.0 Å². The molecule has 2 aromatic rings. The summed E-state index contributed by atoms with van der Waals surface area (Å²) in [6.07, 6.45) is -8.05. The van der Waals surface area contributed by atoms with Crippen LogP contribution in [0.5, 0.6) is 5.75 Å². The number of urea groups is 1. The van der Waals surface area contributed by atoms with Gasteiger partial charge in [0.25, 0.3) is 0 Å². The van der Waals surface area contributed by atoms with Gasteiger partial charge in [-0.15, -0.1) is 13.2 Å². The Morgan fingerprint density at radius 3 is 2.21 bits per heavy atom. The second kappa shape index (κ2) is 19.3. The van der Waals surface area contributed by atoms with Crippen molar-refractivity contribution < 1.29 is 70.1 Å². The topological polar surface area (TPSA) is 216 Å². The zero-order valence-corrected chi connectivity index (χ0v) is 34.3. The summed E-state index contributed by atoms with van der Waals surface area (Å²) < 4.78 is 76.2. The van der Waals surface area contributed by atoms with Gasteiger partial charge >= 0.3 is 18.4 Å². The molecule has 62 heavy (non-hydrogen) atoms. The minimum absolute atomic E-state index is 0.0411. The molecular weight excluding hydrogens is 833 g/mol. The van der Waals surface area contributed by atoms with E-state index in [1.54, 1.807) is 6.92 Å². The van der Waals surface area contributed by atoms with Gasteiger partial charge in [0, 0.05) is 38.3 Å². The number of amides is 7. The van der Waals surface area contributed by atoms with Crippen LogP contribution in [0.4, 0.5) is 32.4 Å². The van der Waals surface area contributed by atoms with Crippen LogP contribution in [0.1, 0.15) is 52.5 Å². The number of halogens is 5. The largest absolute Gasteiger partial charge is 0.573 e. The maximum atomic E-state index is 14.6. The van der Waals surface area contributed by atoms with Gasteiger partial charge in [-0.1, -0.05) is 6.92 Å². The number of rotatable bonds is 8. The van der Waals surface area contributed by atoms with Gasteiger partial charge in [-0.3, -0.25) is 24.0 Å². The number of esters is 1. The molecule has 0 spiro atoms. The predicted molar refractivity (Wildman–Crippen MR) is 206 cm³/mol.